The number of benzene rings is 1. The molecule has 0 spiro atoms. The highest BCUT2D eigenvalue weighted by Crippen LogP contribution is 2.21. The van der Waals surface area contributed by atoms with Gasteiger partial charge in [-0.15, -0.1) is 0 Å². The van der Waals surface area contributed by atoms with Crippen LogP contribution in [-0.2, 0) is 20.7 Å². The summed E-state index contributed by atoms with van der Waals surface area (Å²) in [6, 6.07) is 3.79. The van der Waals surface area contributed by atoms with Gasteiger partial charge in [-0.05, 0) is 75.6 Å². The summed E-state index contributed by atoms with van der Waals surface area (Å²) in [6.45, 7) is 16.0. The van der Waals surface area contributed by atoms with Gasteiger partial charge >= 0.3 is 5.97 Å². The fourth-order valence-electron chi connectivity index (χ4n) is 4.31. The summed E-state index contributed by atoms with van der Waals surface area (Å²) in [5.41, 5.74) is 1.24. The third-order valence-electron chi connectivity index (χ3n) is 6.49. The van der Waals surface area contributed by atoms with Crippen LogP contribution in [-0.4, -0.2) is 55.2 Å². The maximum Gasteiger partial charge on any atom is 0.306 e. The van der Waals surface area contributed by atoms with Crippen LogP contribution in [0.1, 0.15) is 89.1 Å². The van der Waals surface area contributed by atoms with Crippen LogP contribution >= 0.6 is 0 Å². The molecule has 1 amide bonds. The van der Waals surface area contributed by atoms with E-state index in [1.165, 1.54) is 6.42 Å². The Bertz CT molecular complexity index is 947. The molecule has 196 valence electrons. The van der Waals surface area contributed by atoms with Crippen molar-refractivity contribution in [3.63, 3.8) is 0 Å². The lowest BCUT2D eigenvalue weighted by molar-refractivity contribution is -0.155. The highest BCUT2D eigenvalue weighted by Gasteiger charge is 2.19. The Morgan fingerprint density at radius 3 is 2.54 bits per heavy atom. The maximum atomic E-state index is 12.9. The molecule has 0 saturated heterocycles. The molecular weight excluding hydrogens is 440 g/mol. The standard InChI is InChI=1S/C29H46N2O4/c1-8-22(14-16-27(32)35-29(4,5)6)19-31(7)20-26-21(3)13-15-25(24(26)9-2)28(33)30-17-18-34-23-11-10-12-23/h13,15,20,22-23H,3,8-12,14,16-19H2,1-2,4-7H3,(H,30,33)/b26-20+. The number of nitrogens with one attached hydrogen (secondary N) is 1. The molecule has 1 aromatic rings. The molecule has 1 N–H and O–H groups in total. The number of ether oxygens (including phenoxy) is 2. The van der Waals surface area contributed by atoms with E-state index in [-0.39, 0.29) is 11.9 Å². The van der Waals surface area contributed by atoms with E-state index in [2.05, 4.69) is 36.8 Å². The van der Waals surface area contributed by atoms with E-state index in [4.69, 9.17) is 9.47 Å². The van der Waals surface area contributed by atoms with Crippen LogP contribution in [0, 0.1) is 5.92 Å². The number of carbonyl (C=O) groups excluding carboxylic acids is 2. The third kappa shape index (κ3) is 9.67. The highest BCUT2D eigenvalue weighted by molar-refractivity contribution is 5.95. The van der Waals surface area contributed by atoms with Crippen molar-refractivity contribution in [1.29, 1.82) is 0 Å². The normalized spacial score (nSPS) is 15.4. The summed E-state index contributed by atoms with van der Waals surface area (Å²) in [4.78, 5) is 27.2. The van der Waals surface area contributed by atoms with E-state index in [0.29, 0.717) is 37.2 Å². The number of rotatable bonds is 13. The van der Waals surface area contributed by atoms with Gasteiger partial charge in [0.25, 0.3) is 5.91 Å². The van der Waals surface area contributed by atoms with Gasteiger partial charge in [-0.1, -0.05) is 32.9 Å². The van der Waals surface area contributed by atoms with E-state index in [1.807, 2.05) is 40.0 Å². The van der Waals surface area contributed by atoms with Crippen LogP contribution in [0.2, 0.25) is 0 Å². The van der Waals surface area contributed by atoms with E-state index in [9.17, 15) is 9.59 Å². The van der Waals surface area contributed by atoms with Crippen molar-refractivity contribution in [2.24, 2.45) is 5.92 Å². The van der Waals surface area contributed by atoms with E-state index in [0.717, 1.165) is 54.6 Å². The molecule has 1 aromatic carbocycles. The second kappa shape index (κ2) is 13.7. The Balaban J connectivity index is 2.04. The number of hydrogen-bond donors (Lipinski definition) is 1. The lowest BCUT2D eigenvalue weighted by Gasteiger charge is -2.25. The van der Waals surface area contributed by atoms with Crippen LogP contribution in [0.15, 0.2) is 12.1 Å². The summed E-state index contributed by atoms with van der Waals surface area (Å²) in [5.74, 6) is 0.150. The fourth-order valence-corrected chi connectivity index (χ4v) is 4.31. The van der Waals surface area contributed by atoms with Crippen molar-refractivity contribution in [3.8, 4) is 0 Å². The van der Waals surface area contributed by atoms with Crippen LogP contribution in [0.5, 0.6) is 0 Å². The van der Waals surface area contributed by atoms with Crippen molar-refractivity contribution in [2.75, 3.05) is 26.7 Å². The van der Waals surface area contributed by atoms with E-state index in [1.54, 1.807) is 0 Å². The predicted octanol–water partition coefficient (Wildman–Crippen LogP) is 3.78. The van der Waals surface area contributed by atoms with Crippen molar-refractivity contribution in [1.82, 2.24) is 10.2 Å². The van der Waals surface area contributed by atoms with Gasteiger partial charge in [-0.25, -0.2) is 0 Å². The van der Waals surface area contributed by atoms with Gasteiger partial charge in [0.1, 0.15) is 5.60 Å². The quantitative estimate of drug-likeness (QED) is 0.340. The minimum Gasteiger partial charge on any atom is -0.460 e. The second-order valence-electron chi connectivity index (χ2n) is 10.7. The molecule has 1 unspecified atom stereocenters. The average molecular weight is 487 g/mol. The molecule has 0 radical (unpaired) electrons. The molecule has 2 rings (SSSR count). The number of amides is 1. The predicted molar refractivity (Wildman–Crippen MR) is 142 cm³/mol. The summed E-state index contributed by atoms with van der Waals surface area (Å²) >= 11 is 0. The first-order chi connectivity index (χ1) is 16.5. The van der Waals surface area contributed by atoms with Gasteiger partial charge < -0.3 is 19.7 Å². The molecule has 0 bridgehead atoms. The van der Waals surface area contributed by atoms with E-state index < -0.39 is 5.60 Å². The first kappa shape index (κ1) is 28.9. The molecule has 6 nitrogen and oxygen atoms in total. The SMILES string of the molecule is C=c1ccc(C(=O)NCCOC2CCC2)c(CC)/c1=C/N(C)CC(CC)CCC(=O)OC(C)(C)C. The lowest BCUT2D eigenvalue weighted by atomic mass is 9.96. The molecule has 0 aliphatic heterocycles. The first-order valence-electron chi connectivity index (χ1n) is 13.2. The van der Waals surface area contributed by atoms with Crippen molar-refractivity contribution in [3.05, 3.63) is 33.7 Å². The molecule has 35 heavy (non-hydrogen) atoms. The average Bonchev–Trinajstić information content (AvgIpc) is 2.75. The van der Waals surface area contributed by atoms with Crippen molar-refractivity contribution < 1.29 is 19.1 Å². The monoisotopic (exact) mass is 486 g/mol. The number of hydrogen-bond acceptors (Lipinski definition) is 5. The second-order valence-corrected chi connectivity index (χ2v) is 10.7. The smallest absolute Gasteiger partial charge is 0.306 e. The number of carbonyl (C=O) groups is 2. The minimum absolute atomic E-state index is 0.0693. The summed E-state index contributed by atoms with van der Waals surface area (Å²) in [6.07, 6.45) is 8.88. The highest BCUT2D eigenvalue weighted by atomic mass is 16.6. The molecular formula is C29H46N2O4. The summed E-state index contributed by atoms with van der Waals surface area (Å²) in [7, 11) is 2.04. The molecule has 6 heteroatoms. The van der Waals surface area contributed by atoms with Gasteiger partial charge in [-0.3, -0.25) is 9.59 Å². The topological polar surface area (TPSA) is 67.9 Å². The van der Waals surface area contributed by atoms with Crippen molar-refractivity contribution in [2.45, 2.75) is 91.3 Å². The van der Waals surface area contributed by atoms with Crippen LogP contribution in [0.3, 0.4) is 0 Å². The van der Waals surface area contributed by atoms with Crippen LogP contribution in [0.4, 0.5) is 0 Å². The molecule has 1 atom stereocenters. The Morgan fingerprint density at radius 2 is 1.97 bits per heavy atom. The zero-order valence-corrected chi connectivity index (χ0v) is 22.7. The van der Waals surface area contributed by atoms with Gasteiger partial charge in [0.15, 0.2) is 0 Å². The molecule has 1 saturated carbocycles. The number of nitrogens with zero attached hydrogens (tertiary/aromatic N) is 1. The van der Waals surface area contributed by atoms with Gasteiger partial charge in [0.2, 0.25) is 0 Å². The first-order valence-corrected chi connectivity index (χ1v) is 13.2. The zero-order chi connectivity index (χ0) is 26.0. The Morgan fingerprint density at radius 1 is 1.26 bits per heavy atom. The van der Waals surface area contributed by atoms with Gasteiger partial charge in [-0.2, -0.15) is 0 Å². The third-order valence-corrected chi connectivity index (χ3v) is 6.49. The molecule has 0 heterocycles. The molecule has 1 fully saturated rings. The molecule has 0 aromatic heterocycles. The molecule has 1 aliphatic rings. The van der Waals surface area contributed by atoms with Gasteiger partial charge in [0, 0.05) is 43.5 Å². The Kier molecular flexibility index (Phi) is 11.3. The molecule has 1 aliphatic carbocycles. The van der Waals surface area contributed by atoms with Gasteiger partial charge in [0.05, 0.1) is 12.7 Å². The van der Waals surface area contributed by atoms with Crippen LogP contribution < -0.4 is 15.8 Å². The van der Waals surface area contributed by atoms with Crippen LogP contribution in [0.25, 0.3) is 12.8 Å². The Labute approximate surface area is 211 Å². The summed E-state index contributed by atoms with van der Waals surface area (Å²) < 4.78 is 11.2. The number of esters is 1. The zero-order valence-electron chi connectivity index (χ0n) is 22.7. The summed E-state index contributed by atoms with van der Waals surface area (Å²) in [5, 5.41) is 4.91. The maximum absolute atomic E-state index is 12.9. The minimum atomic E-state index is -0.453. The fraction of sp³-hybridized carbons (Fsp3) is 0.655. The Hall–Kier alpha value is -2.34. The largest absolute Gasteiger partial charge is 0.460 e. The van der Waals surface area contributed by atoms with E-state index >= 15 is 0 Å². The lowest BCUT2D eigenvalue weighted by Crippen LogP contribution is -2.36. The van der Waals surface area contributed by atoms with Crippen molar-refractivity contribution >= 4 is 24.7 Å².